The third kappa shape index (κ3) is 5.29. The largest absolute Gasteiger partial charge is 0.478 e. The molecule has 0 saturated carbocycles. The molecular weight excluding hydrogens is 394 g/mol. The average Bonchev–Trinajstić information content (AvgIpc) is 2.76. The topological polar surface area (TPSA) is 59.4 Å². The second-order valence-corrected chi connectivity index (χ2v) is 8.16. The number of nitrogens with zero attached hydrogens (tertiary/aromatic N) is 1. The molecule has 1 aromatic heterocycles. The average molecular weight is 422 g/mol. The Hall–Kier alpha value is -2.63. The van der Waals surface area contributed by atoms with Gasteiger partial charge in [-0.15, -0.1) is 0 Å². The molecule has 0 aliphatic carbocycles. The number of aromatic carboxylic acids is 1. The number of carbonyl (C=O) groups is 1. The molecule has 4 nitrogen and oxygen atoms in total. The predicted octanol–water partition coefficient (Wildman–Crippen LogP) is 5.86. The number of carboxylic acid groups (broad SMARTS) is 1. The van der Waals surface area contributed by atoms with Gasteiger partial charge < -0.3 is 9.84 Å². The first kappa shape index (κ1) is 22.1. The van der Waals surface area contributed by atoms with Crippen LogP contribution in [0.4, 0.5) is 0 Å². The number of aryl methyl sites for hydroxylation is 2. The maximum atomic E-state index is 11.4. The number of aromatic nitrogens is 1. The highest BCUT2D eigenvalue weighted by molar-refractivity contribution is 7.98. The van der Waals surface area contributed by atoms with E-state index in [0.717, 1.165) is 45.7 Å². The van der Waals surface area contributed by atoms with Crippen LogP contribution in [0, 0.1) is 6.92 Å². The molecule has 0 spiro atoms. The van der Waals surface area contributed by atoms with Gasteiger partial charge in [-0.1, -0.05) is 43.3 Å². The lowest BCUT2D eigenvalue weighted by molar-refractivity contribution is 0.0696. The second kappa shape index (κ2) is 10.4. The molecule has 0 radical (unpaired) electrons. The van der Waals surface area contributed by atoms with Crippen LogP contribution >= 0.6 is 11.8 Å². The van der Waals surface area contributed by atoms with Crippen LogP contribution in [-0.2, 0) is 17.8 Å². The zero-order chi connectivity index (χ0) is 21.5. The van der Waals surface area contributed by atoms with Crippen LogP contribution in [0.5, 0.6) is 0 Å². The number of benzene rings is 2. The first-order chi connectivity index (χ1) is 14.5. The molecule has 0 aliphatic heterocycles. The first-order valence-corrected chi connectivity index (χ1v) is 11.4. The normalized spacial score (nSPS) is 10.9. The standard InChI is InChI=1S/C25H27NO3S/c1-4-18-5-7-20(8-6-18)24-23(14-19(15-26-24)16-29-11-12-30-3)21-9-10-22(25(27)28)17(2)13-21/h5-10,13-15H,4,11-12,16H2,1-3H3,(H,27,28). The van der Waals surface area contributed by atoms with E-state index < -0.39 is 5.97 Å². The summed E-state index contributed by atoms with van der Waals surface area (Å²) in [6, 6.07) is 16.0. The fourth-order valence-electron chi connectivity index (χ4n) is 3.34. The molecule has 0 bridgehead atoms. The molecule has 0 fully saturated rings. The maximum absolute atomic E-state index is 11.4. The summed E-state index contributed by atoms with van der Waals surface area (Å²) in [5.74, 6) is 0.0429. The van der Waals surface area contributed by atoms with Crippen LogP contribution in [0.25, 0.3) is 22.4 Å². The molecule has 1 heterocycles. The number of hydrogen-bond donors (Lipinski definition) is 1. The van der Waals surface area contributed by atoms with Gasteiger partial charge in [0.2, 0.25) is 0 Å². The van der Waals surface area contributed by atoms with Crippen molar-refractivity contribution in [2.24, 2.45) is 0 Å². The Morgan fingerprint density at radius 2 is 1.80 bits per heavy atom. The van der Waals surface area contributed by atoms with Crippen LogP contribution in [-0.4, -0.2) is 34.7 Å². The lowest BCUT2D eigenvalue weighted by Gasteiger charge is -2.14. The van der Waals surface area contributed by atoms with Crippen molar-refractivity contribution in [1.82, 2.24) is 4.98 Å². The molecular formula is C25H27NO3S. The highest BCUT2D eigenvalue weighted by Crippen LogP contribution is 2.32. The van der Waals surface area contributed by atoms with E-state index in [4.69, 9.17) is 9.72 Å². The molecule has 3 rings (SSSR count). The van der Waals surface area contributed by atoms with E-state index >= 15 is 0 Å². The fourth-order valence-corrected chi connectivity index (χ4v) is 3.62. The Morgan fingerprint density at radius 1 is 1.07 bits per heavy atom. The Balaban J connectivity index is 2.03. The van der Waals surface area contributed by atoms with E-state index in [2.05, 4.69) is 43.5 Å². The molecule has 0 amide bonds. The zero-order valence-electron chi connectivity index (χ0n) is 17.6. The van der Waals surface area contributed by atoms with Crippen LogP contribution < -0.4 is 0 Å². The van der Waals surface area contributed by atoms with E-state index in [-0.39, 0.29) is 0 Å². The van der Waals surface area contributed by atoms with Crippen LogP contribution in [0.1, 0.15) is 34.0 Å². The summed E-state index contributed by atoms with van der Waals surface area (Å²) in [6.45, 7) is 5.16. The molecule has 30 heavy (non-hydrogen) atoms. The van der Waals surface area contributed by atoms with Crippen molar-refractivity contribution in [2.75, 3.05) is 18.6 Å². The number of ether oxygens (including phenoxy) is 1. The summed E-state index contributed by atoms with van der Waals surface area (Å²) in [4.78, 5) is 16.2. The van der Waals surface area contributed by atoms with Gasteiger partial charge in [0.05, 0.1) is 24.5 Å². The molecule has 156 valence electrons. The van der Waals surface area contributed by atoms with Gasteiger partial charge in [0.1, 0.15) is 0 Å². The van der Waals surface area contributed by atoms with E-state index in [9.17, 15) is 9.90 Å². The van der Waals surface area contributed by atoms with Gasteiger partial charge in [-0.05, 0) is 54.0 Å². The summed E-state index contributed by atoms with van der Waals surface area (Å²) in [7, 11) is 0. The second-order valence-electron chi connectivity index (χ2n) is 7.17. The SMILES string of the molecule is CCc1ccc(-c2ncc(COCCSC)cc2-c2ccc(C(=O)O)c(C)c2)cc1. The van der Waals surface area contributed by atoms with E-state index in [1.807, 2.05) is 25.3 Å². The number of carboxylic acids is 1. The van der Waals surface area contributed by atoms with E-state index in [1.165, 1.54) is 5.56 Å². The maximum Gasteiger partial charge on any atom is 0.335 e. The first-order valence-electron chi connectivity index (χ1n) is 10.0. The minimum Gasteiger partial charge on any atom is -0.478 e. The lowest BCUT2D eigenvalue weighted by atomic mass is 9.94. The molecule has 2 aromatic carbocycles. The van der Waals surface area contributed by atoms with Crippen LogP contribution in [0.2, 0.25) is 0 Å². The molecule has 3 aromatic rings. The van der Waals surface area contributed by atoms with Crippen LogP contribution in [0.15, 0.2) is 54.7 Å². The van der Waals surface area contributed by atoms with Crippen molar-refractivity contribution < 1.29 is 14.6 Å². The van der Waals surface area contributed by atoms with Crippen molar-refractivity contribution >= 4 is 17.7 Å². The number of thioether (sulfide) groups is 1. The van der Waals surface area contributed by atoms with Crippen molar-refractivity contribution in [3.8, 4) is 22.4 Å². The van der Waals surface area contributed by atoms with Crippen molar-refractivity contribution in [3.63, 3.8) is 0 Å². The van der Waals surface area contributed by atoms with Crippen molar-refractivity contribution in [1.29, 1.82) is 0 Å². The van der Waals surface area contributed by atoms with Crippen molar-refractivity contribution in [2.45, 2.75) is 26.9 Å². The minimum absolute atomic E-state index is 0.317. The Kier molecular flexibility index (Phi) is 7.66. The smallest absolute Gasteiger partial charge is 0.335 e. The Labute approximate surface area is 182 Å². The highest BCUT2D eigenvalue weighted by Gasteiger charge is 2.14. The highest BCUT2D eigenvalue weighted by atomic mass is 32.2. The molecule has 0 saturated heterocycles. The van der Waals surface area contributed by atoms with Gasteiger partial charge >= 0.3 is 5.97 Å². The number of rotatable bonds is 9. The Morgan fingerprint density at radius 3 is 2.43 bits per heavy atom. The summed E-state index contributed by atoms with van der Waals surface area (Å²) in [6.07, 6.45) is 4.91. The zero-order valence-corrected chi connectivity index (χ0v) is 18.5. The van der Waals surface area contributed by atoms with E-state index in [0.29, 0.717) is 18.8 Å². The number of pyridine rings is 1. The molecule has 0 unspecified atom stereocenters. The van der Waals surface area contributed by atoms with Gasteiger partial charge in [0.25, 0.3) is 0 Å². The van der Waals surface area contributed by atoms with E-state index in [1.54, 1.807) is 17.8 Å². The molecule has 0 atom stereocenters. The summed E-state index contributed by atoms with van der Waals surface area (Å²) < 4.78 is 5.76. The Bertz CT molecular complexity index is 1020. The van der Waals surface area contributed by atoms with Gasteiger partial charge in [0, 0.05) is 23.1 Å². The quantitative estimate of drug-likeness (QED) is 0.438. The third-order valence-corrected chi connectivity index (χ3v) is 5.62. The predicted molar refractivity (Wildman–Crippen MR) is 124 cm³/mol. The third-order valence-electron chi connectivity index (χ3n) is 5.05. The van der Waals surface area contributed by atoms with Gasteiger partial charge in [-0.3, -0.25) is 4.98 Å². The van der Waals surface area contributed by atoms with Gasteiger partial charge in [-0.2, -0.15) is 11.8 Å². The fraction of sp³-hybridized carbons (Fsp3) is 0.280. The summed E-state index contributed by atoms with van der Waals surface area (Å²) in [5, 5.41) is 9.36. The van der Waals surface area contributed by atoms with Crippen LogP contribution in [0.3, 0.4) is 0 Å². The monoisotopic (exact) mass is 421 g/mol. The summed E-state index contributed by atoms with van der Waals surface area (Å²) >= 11 is 1.76. The summed E-state index contributed by atoms with van der Waals surface area (Å²) in [5.41, 5.74) is 7.17. The minimum atomic E-state index is -0.913. The van der Waals surface area contributed by atoms with Crippen molar-refractivity contribution in [3.05, 3.63) is 77.0 Å². The molecule has 5 heteroatoms. The molecule has 0 aliphatic rings. The number of hydrogen-bond acceptors (Lipinski definition) is 4. The van der Waals surface area contributed by atoms with Gasteiger partial charge in [-0.25, -0.2) is 4.79 Å². The lowest BCUT2D eigenvalue weighted by Crippen LogP contribution is -2.01. The molecule has 1 N–H and O–H groups in total. The van der Waals surface area contributed by atoms with Gasteiger partial charge in [0.15, 0.2) is 0 Å².